The van der Waals surface area contributed by atoms with Crippen molar-refractivity contribution in [2.24, 2.45) is 28.0 Å². The molecule has 1 unspecified atom stereocenters. The first-order valence-electron chi connectivity index (χ1n) is 11.6. The van der Waals surface area contributed by atoms with Crippen LogP contribution in [0.5, 0.6) is 0 Å². The van der Waals surface area contributed by atoms with Crippen molar-refractivity contribution in [2.45, 2.75) is 46.5 Å². The SMILES string of the molecule is C#CC.C=CN=N/C(=C\C(=C)[C@@H](CCCC(=O)N1CCC(C#N)C1)C(C)C)c1c(F)cccc1F. The lowest BCUT2D eigenvalue weighted by Crippen LogP contribution is -2.28. The van der Waals surface area contributed by atoms with Crippen molar-refractivity contribution >= 4 is 11.6 Å². The standard InChI is InChI=1S/C25H30F2N4O.C3H4/c1-5-29-30-23(25-21(26)9-7-10-22(25)27)14-18(4)20(17(2)3)8-6-11-24(32)31-13-12-19(15-28)16-31;1-3-2/h5,7,9-10,14,17,19-20H,1,4,6,8,11-13,16H2,2-3H3;1H,2H3/b23-14-,30-29?;/t19?,20-;/m0./s1. The Kier molecular flexibility index (Phi) is 12.9. The molecule has 1 aromatic carbocycles. The Morgan fingerprint density at radius 1 is 1.37 bits per heavy atom. The van der Waals surface area contributed by atoms with E-state index in [1.807, 2.05) is 13.8 Å². The number of halogens is 2. The van der Waals surface area contributed by atoms with Gasteiger partial charge in [0.05, 0.1) is 23.2 Å². The van der Waals surface area contributed by atoms with E-state index < -0.39 is 11.6 Å². The molecule has 5 nitrogen and oxygen atoms in total. The molecule has 1 aromatic rings. The first-order valence-corrected chi connectivity index (χ1v) is 11.6. The zero-order valence-electron chi connectivity index (χ0n) is 20.8. The normalized spacial score (nSPS) is 16.3. The fraction of sp³-hybridized carbons (Fsp3) is 0.429. The van der Waals surface area contributed by atoms with Gasteiger partial charge in [-0.15, -0.1) is 12.3 Å². The van der Waals surface area contributed by atoms with Crippen LogP contribution in [0.15, 0.2) is 59.4 Å². The molecule has 0 bridgehead atoms. The second-order valence-corrected chi connectivity index (χ2v) is 8.59. The predicted molar refractivity (Wildman–Crippen MR) is 136 cm³/mol. The third kappa shape index (κ3) is 9.29. The average molecular weight is 481 g/mol. The van der Waals surface area contributed by atoms with Crippen molar-refractivity contribution in [1.29, 1.82) is 5.26 Å². The molecular formula is C28H34F2N4O. The zero-order chi connectivity index (χ0) is 26.4. The molecule has 2 atom stereocenters. The molecule has 0 radical (unpaired) electrons. The van der Waals surface area contributed by atoms with Gasteiger partial charge in [0, 0.05) is 25.7 Å². The third-order valence-corrected chi connectivity index (χ3v) is 5.70. The third-order valence-electron chi connectivity index (χ3n) is 5.70. The predicted octanol–water partition coefficient (Wildman–Crippen LogP) is 6.91. The molecule has 0 spiro atoms. The molecular weight excluding hydrogens is 446 g/mol. The molecule has 1 saturated heterocycles. The molecule has 0 N–H and O–H groups in total. The topological polar surface area (TPSA) is 68.8 Å². The lowest BCUT2D eigenvalue weighted by molar-refractivity contribution is -0.130. The van der Waals surface area contributed by atoms with Crippen LogP contribution in [-0.2, 0) is 4.79 Å². The number of carbonyl (C=O) groups is 1. The molecule has 186 valence electrons. The number of allylic oxidation sites excluding steroid dienone is 2. The Bertz CT molecular complexity index is 1010. The number of amides is 1. The molecule has 1 heterocycles. The van der Waals surface area contributed by atoms with Gasteiger partial charge in [-0.05, 0) is 61.8 Å². The number of nitriles is 1. The Morgan fingerprint density at radius 3 is 2.51 bits per heavy atom. The maximum Gasteiger partial charge on any atom is 0.222 e. The summed E-state index contributed by atoms with van der Waals surface area (Å²) in [6.45, 7) is 14.5. The van der Waals surface area contributed by atoms with E-state index >= 15 is 0 Å². The average Bonchev–Trinajstić information content (AvgIpc) is 3.29. The van der Waals surface area contributed by atoms with Gasteiger partial charge in [-0.3, -0.25) is 4.79 Å². The molecule has 0 saturated carbocycles. The number of hydrogen-bond acceptors (Lipinski definition) is 4. The summed E-state index contributed by atoms with van der Waals surface area (Å²) in [7, 11) is 0. The first kappa shape index (κ1) is 29.5. The van der Waals surface area contributed by atoms with Gasteiger partial charge in [0.1, 0.15) is 11.6 Å². The van der Waals surface area contributed by atoms with Crippen molar-refractivity contribution in [2.75, 3.05) is 13.1 Å². The highest BCUT2D eigenvalue weighted by atomic mass is 19.1. The summed E-state index contributed by atoms with van der Waals surface area (Å²) in [6, 6.07) is 5.84. The smallest absolute Gasteiger partial charge is 0.222 e. The number of hydrogen-bond donors (Lipinski definition) is 0. The molecule has 7 heteroatoms. The summed E-state index contributed by atoms with van der Waals surface area (Å²) < 4.78 is 28.7. The second kappa shape index (κ2) is 15.3. The van der Waals surface area contributed by atoms with Gasteiger partial charge >= 0.3 is 0 Å². The molecule has 1 amide bonds. The van der Waals surface area contributed by atoms with Gasteiger partial charge in [-0.1, -0.05) is 33.1 Å². The Morgan fingerprint density at radius 2 is 2.00 bits per heavy atom. The summed E-state index contributed by atoms with van der Waals surface area (Å²) in [5.74, 6) is 0.957. The van der Waals surface area contributed by atoms with Gasteiger partial charge < -0.3 is 4.90 Å². The molecule has 35 heavy (non-hydrogen) atoms. The Hall–Kier alpha value is -3.58. The number of benzene rings is 1. The van der Waals surface area contributed by atoms with E-state index in [0.29, 0.717) is 37.9 Å². The van der Waals surface area contributed by atoms with E-state index in [0.717, 1.165) is 6.42 Å². The van der Waals surface area contributed by atoms with E-state index in [1.165, 1.54) is 24.4 Å². The minimum absolute atomic E-state index is 0.00278. The van der Waals surface area contributed by atoms with Crippen molar-refractivity contribution < 1.29 is 13.6 Å². The van der Waals surface area contributed by atoms with Crippen LogP contribution in [0, 0.1) is 53.1 Å². The van der Waals surface area contributed by atoms with Crippen LogP contribution in [0.3, 0.4) is 0 Å². The van der Waals surface area contributed by atoms with Crippen LogP contribution in [0.25, 0.3) is 5.70 Å². The molecule has 1 aliphatic rings. The van der Waals surface area contributed by atoms with E-state index in [4.69, 9.17) is 5.26 Å². The van der Waals surface area contributed by atoms with Crippen LogP contribution >= 0.6 is 0 Å². The van der Waals surface area contributed by atoms with Crippen molar-refractivity contribution in [3.63, 3.8) is 0 Å². The summed E-state index contributed by atoms with van der Waals surface area (Å²) in [5.41, 5.74) is 0.434. The van der Waals surface area contributed by atoms with E-state index in [2.05, 4.69) is 41.8 Å². The molecule has 0 aromatic heterocycles. The number of carbonyl (C=O) groups excluding carboxylic acids is 1. The Balaban J connectivity index is 0.00000194. The largest absolute Gasteiger partial charge is 0.341 e. The quantitative estimate of drug-likeness (QED) is 0.207. The lowest BCUT2D eigenvalue weighted by atomic mass is 9.84. The van der Waals surface area contributed by atoms with Gasteiger partial charge in [0.2, 0.25) is 5.91 Å². The van der Waals surface area contributed by atoms with Crippen LogP contribution in [0.4, 0.5) is 8.78 Å². The summed E-state index contributed by atoms with van der Waals surface area (Å²) in [5, 5.41) is 16.6. The minimum atomic E-state index is -0.736. The van der Waals surface area contributed by atoms with Crippen molar-refractivity contribution in [1.82, 2.24) is 4.90 Å². The molecule has 1 fully saturated rings. The van der Waals surface area contributed by atoms with E-state index in [-0.39, 0.29) is 34.9 Å². The minimum Gasteiger partial charge on any atom is -0.341 e. The van der Waals surface area contributed by atoms with Crippen LogP contribution < -0.4 is 0 Å². The van der Waals surface area contributed by atoms with Crippen molar-refractivity contribution in [3.05, 3.63) is 66.4 Å². The number of nitrogens with zero attached hydrogens (tertiary/aromatic N) is 4. The fourth-order valence-corrected chi connectivity index (χ4v) is 3.95. The van der Waals surface area contributed by atoms with Crippen LogP contribution in [-0.4, -0.2) is 23.9 Å². The number of likely N-dealkylation sites (tertiary alicyclic amines) is 1. The van der Waals surface area contributed by atoms with Crippen LogP contribution in [0.1, 0.15) is 52.0 Å². The highest BCUT2D eigenvalue weighted by molar-refractivity contribution is 5.76. The van der Waals surface area contributed by atoms with Gasteiger partial charge in [0.25, 0.3) is 0 Å². The molecule has 1 aliphatic heterocycles. The summed E-state index contributed by atoms with van der Waals surface area (Å²) in [6.07, 6.45) is 9.81. The summed E-state index contributed by atoms with van der Waals surface area (Å²) in [4.78, 5) is 14.2. The van der Waals surface area contributed by atoms with Gasteiger partial charge in [-0.2, -0.15) is 15.5 Å². The Labute approximate surface area is 207 Å². The van der Waals surface area contributed by atoms with Gasteiger partial charge in [-0.25, -0.2) is 8.78 Å². The first-order chi connectivity index (χ1) is 16.7. The fourth-order valence-electron chi connectivity index (χ4n) is 3.95. The zero-order valence-corrected chi connectivity index (χ0v) is 20.8. The highest BCUT2D eigenvalue weighted by Gasteiger charge is 2.26. The molecule has 0 aliphatic carbocycles. The number of rotatable bonds is 10. The number of terminal acetylenes is 1. The number of azo groups is 1. The van der Waals surface area contributed by atoms with E-state index in [1.54, 1.807) is 17.9 Å². The molecule has 2 rings (SSSR count). The maximum atomic E-state index is 14.3. The monoisotopic (exact) mass is 480 g/mol. The lowest BCUT2D eigenvalue weighted by Gasteiger charge is -2.23. The maximum absolute atomic E-state index is 14.3. The van der Waals surface area contributed by atoms with Gasteiger partial charge in [0.15, 0.2) is 0 Å². The highest BCUT2D eigenvalue weighted by Crippen LogP contribution is 2.31. The van der Waals surface area contributed by atoms with Crippen molar-refractivity contribution in [3.8, 4) is 18.4 Å². The summed E-state index contributed by atoms with van der Waals surface area (Å²) >= 11 is 0. The second-order valence-electron chi connectivity index (χ2n) is 8.59. The van der Waals surface area contributed by atoms with E-state index in [9.17, 15) is 13.6 Å². The van der Waals surface area contributed by atoms with Crippen LogP contribution in [0.2, 0.25) is 0 Å².